The van der Waals surface area contributed by atoms with Gasteiger partial charge in [-0.15, -0.1) is 0 Å². The quantitative estimate of drug-likeness (QED) is 0.881. The third-order valence-electron chi connectivity index (χ3n) is 3.56. The SMILES string of the molecule is N#Cc1cc(NC2CCc3ccccc32)ccc1Cl. The lowest BCUT2D eigenvalue weighted by Crippen LogP contribution is -2.07. The summed E-state index contributed by atoms with van der Waals surface area (Å²) in [6, 6.07) is 16.4. The molecule has 1 aliphatic rings. The highest BCUT2D eigenvalue weighted by Crippen LogP contribution is 2.34. The van der Waals surface area contributed by atoms with Crippen LogP contribution >= 0.6 is 11.6 Å². The van der Waals surface area contributed by atoms with E-state index in [9.17, 15) is 0 Å². The molecule has 19 heavy (non-hydrogen) atoms. The van der Waals surface area contributed by atoms with Gasteiger partial charge in [0.05, 0.1) is 16.6 Å². The number of nitrogens with zero attached hydrogens (tertiary/aromatic N) is 1. The molecule has 3 rings (SSSR count). The maximum absolute atomic E-state index is 9.00. The van der Waals surface area contributed by atoms with E-state index < -0.39 is 0 Å². The van der Waals surface area contributed by atoms with Gasteiger partial charge in [-0.2, -0.15) is 5.26 Å². The molecule has 0 spiro atoms. The number of fused-ring (bicyclic) bond motifs is 1. The van der Waals surface area contributed by atoms with Crippen molar-refractivity contribution in [1.82, 2.24) is 0 Å². The van der Waals surface area contributed by atoms with E-state index >= 15 is 0 Å². The van der Waals surface area contributed by atoms with Crippen molar-refractivity contribution < 1.29 is 0 Å². The van der Waals surface area contributed by atoms with Crippen LogP contribution in [0.2, 0.25) is 5.02 Å². The molecule has 0 fully saturated rings. The van der Waals surface area contributed by atoms with Crippen LogP contribution in [-0.2, 0) is 6.42 Å². The summed E-state index contributed by atoms with van der Waals surface area (Å²) in [6.07, 6.45) is 2.19. The largest absolute Gasteiger partial charge is 0.378 e. The fourth-order valence-corrected chi connectivity index (χ4v) is 2.77. The van der Waals surface area contributed by atoms with E-state index in [1.807, 2.05) is 12.1 Å². The number of rotatable bonds is 2. The number of hydrogen-bond donors (Lipinski definition) is 1. The Morgan fingerprint density at radius 3 is 2.89 bits per heavy atom. The topological polar surface area (TPSA) is 35.8 Å². The van der Waals surface area contributed by atoms with Crippen LogP contribution in [0.25, 0.3) is 0 Å². The Labute approximate surface area is 117 Å². The Kier molecular flexibility index (Phi) is 3.15. The third-order valence-corrected chi connectivity index (χ3v) is 3.89. The Balaban J connectivity index is 1.86. The molecule has 0 saturated heterocycles. The fraction of sp³-hybridized carbons (Fsp3) is 0.188. The predicted molar refractivity (Wildman–Crippen MR) is 77.3 cm³/mol. The number of hydrogen-bond acceptors (Lipinski definition) is 2. The van der Waals surface area contributed by atoms with E-state index in [0.29, 0.717) is 16.6 Å². The lowest BCUT2D eigenvalue weighted by Gasteiger charge is -2.16. The van der Waals surface area contributed by atoms with E-state index in [2.05, 4.69) is 35.7 Å². The first-order chi connectivity index (χ1) is 9.28. The summed E-state index contributed by atoms with van der Waals surface area (Å²) in [5.41, 5.74) is 4.23. The highest BCUT2D eigenvalue weighted by atomic mass is 35.5. The van der Waals surface area contributed by atoms with E-state index in [0.717, 1.165) is 18.5 Å². The lowest BCUT2D eigenvalue weighted by atomic mass is 10.1. The summed E-state index contributed by atoms with van der Waals surface area (Å²) in [4.78, 5) is 0. The molecule has 2 nitrogen and oxygen atoms in total. The molecule has 1 aliphatic carbocycles. The summed E-state index contributed by atoms with van der Waals surface area (Å²) in [7, 11) is 0. The number of aryl methyl sites for hydroxylation is 1. The molecule has 0 radical (unpaired) electrons. The molecule has 0 aliphatic heterocycles. The zero-order chi connectivity index (χ0) is 13.2. The van der Waals surface area contributed by atoms with Crippen molar-refractivity contribution in [3.8, 4) is 6.07 Å². The predicted octanol–water partition coefficient (Wildman–Crippen LogP) is 4.31. The van der Waals surface area contributed by atoms with Gasteiger partial charge in [0.1, 0.15) is 6.07 Å². The first kappa shape index (κ1) is 12.1. The van der Waals surface area contributed by atoms with Crippen LogP contribution in [0.3, 0.4) is 0 Å². The van der Waals surface area contributed by atoms with Crippen molar-refractivity contribution >= 4 is 17.3 Å². The van der Waals surface area contributed by atoms with Crippen molar-refractivity contribution in [3.63, 3.8) is 0 Å². The molecular weight excluding hydrogens is 256 g/mol. The van der Waals surface area contributed by atoms with Crippen molar-refractivity contribution in [2.45, 2.75) is 18.9 Å². The second kappa shape index (κ2) is 4.95. The Hall–Kier alpha value is -1.98. The first-order valence-corrected chi connectivity index (χ1v) is 6.70. The second-order valence-electron chi connectivity index (χ2n) is 4.74. The number of nitriles is 1. The Bertz CT molecular complexity index is 658. The average molecular weight is 269 g/mol. The van der Waals surface area contributed by atoms with Gasteiger partial charge >= 0.3 is 0 Å². The van der Waals surface area contributed by atoms with Gasteiger partial charge in [0.15, 0.2) is 0 Å². The molecule has 2 aromatic carbocycles. The fourth-order valence-electron chi connectivity index (χ4n) is 2.61. The molecule has 2 aromatic rings. The number of halogens is 1. The van der Waals surface area contributed by atoms with Gasteiger partial charge in [-0.25, -0.2) is 0 Å². The van der Waals surface area contributed by atoms with Crippen LogP contribution in [0, 0.1) is 11.3 Å². The van der Waals surface area contributed by atoms with Crippen molar-refractivity contribution in [2.24, 2.45) is 0 Å². The monoisotopic (exact) mass is 268 g/mol. The van der Waals surface area contributed by atoms with Gasteiger partial charge in [0, 0.05) is 5.69 Å². The molecular formula is C16H13ClN2. The molecule has 0 amide bonds. The van der Waals surface area contributed by atoms with Crippen LogP contribution in [0.5, 0.6) is 0 Å². The average Bonchev–Trinajstić information content (AvgIpc) is 2.84. The van der Waals surface area contributed by atoms with Crippen LogP contribution in [0.15, 0.2) is 42.5 Å². The number of benzene rings is 2. The summed E-state index contributed by atoms with van der Waals surface area (Å²) >= 11 is 5.94. The zero-order valence-electron chi connectivity index (χ0n) is 10.4. The van der Waals surface area contributed by atoms with Crippen LogP contribution < -0.4 is 5.32 Å². The van der Waals surface area contributed by atoms with Crippen LogP contribution in [0.1, 0.15) is 29.2 Å². The van der Waals surface area contributed by atoms with E-state index in [-0.39, 0.29) is 0 Å². The second-order valence-corrected chi connectivity index (χ2v) is 5.15. The number of nitrogens with one attached hydrogen (secondary N) is 1. The summed E-state index contributed by atoms with van der Waals surface area (Å²) in [5.74, 6) is 0. The Morgan fingerprint density at radius 2 is 2.05 bits per heavy atom. The normalized spacial score (nSPS) is 16.7. The zero-order valence-corrected chi connectivity index (χ0v) is 11.1. The molecule has 1 N–H and O–H groups in total. The van der Waals surface area contributed by atoms with Gasteiger partial charge in [-0.05, 0) is 42.2 Å². The molecule has 1 atom stereocenters. The molecule has 0 aromatic heterocycles. The summed E-state index contributed by atoms with van der Waals surface area (Å²) in [6.45, 7) is 0. The highest BCUT2D eigenvalue weighted by molar-refractivity contribution is 6.31. The van der Waals surface area contributed by atoms with E-state index in [4.69, 9.17) is 16.9 Å². The molecule has 0 saturated carbocycles. The Morgan fingerprint density at radius 1 is 1.21 bits per heavy atom. The van der Waals surface area contributed by atoms with Gasteiger partial charge in [0.25, 0.3) is 0 Å². The van der Waals surface area contributed by atoms with Crippen LogP contribution in [-0.4, -0.2) is 0 Å². The minimum atomic E-state index is 0.323. The molecule has 94 valence electrons. The summed E-state index contributed by atoms with van der Waals surface area (Å²) < 4.78 is 0. The molecule has 3 heteroatoms. The van der Waals surface area contributed by atoms with E-state index in [1.165, 1.54) is 11.1 Å². The molecule has 1 unspecified atom stereocenters. The van der Waals surface area contributed by atoms with Crippen molar-refractivity contribution in [2.75, 3.05) is 5.32 Å². The minimum absolute atomic E-state index is 0.323. The van der Waals surface area contributed by atoms with Gasteiger partial charge < -0.3 is 5.32 Å². The summed E-state index contributed by atoms with van der Waals surface area (Å²) in [5, 5.41) is 13.0. The van der Waals surface area contributed by atoms with Gasteiger partial charge in [-0.3, -0.25) is 0 Å². The van der Waals surface area contributed by atoms with Gasteiger partial charge in [-0.1, -0.05) is 35.9 Å². The van der Waals surface area contributed by atoms with E-state index in [1.54, 1.807) is 6.07 Å². The highest BCUT2D eigenvalue weighted by Gasteiger charge is 2.21. The van der Waals surface area contributed by atoms with Crippen molar-refractivity contribution in [1.29, 1.82) is 5.26 Å². The molecule has 0 heterocycles. The minimum Gasteiger partial charge on any atom is -0.378 e. The smallest absolute Gasteiger partial charge is 0.101 e. The molecule has 0 bridgehead atoms. The number of anilines is 1. The first-order valence-electron chi connectivity index (χ1n) is 6.32. The van der Waals surface area contributed by atoms with Crippen LogP contribution in [0.4, 0.5) is 5.69 Å². The standard InChI is InChI=1S/C16H13ClN2/c17-15-7-6-13(9-12(15)10-18)19-16-8-5-11-3-1-2-4-14(11)16/h1-4,6-7,9,16,19H,5,8H2. The maximum atomic E-state index is 9.00. The van der Waals surface area contributed by atoms with Crippen molar-refractivity contribution in [3.05, 3.63) is 64.2 Å². The third kappa shape index (κ3) is 2.30. The van der Waals surface area contributed by atoms with Gasteiger partial charge in [0.2, 0.25) is 0 Å². The maximum Gasteiger partial charge on any atom is 0.101 e. The lowest BCUT2D eigenvalue weighted by molar-refractivity contribution is 0.762.